The molecule has 6 nitrogen and oxygen atoms in total. The molecule has 6 heteroatoms. The number of Topliss-reactive ketones (excluding diaryl/α,β-unsaturated/α-hetero) is 1. The molecule has 1 atom stereocenters. The van der Waals surface area contributed by atoms with Crippen LogP contribution in [0.5, 0.6) is 5.75 Å². The molecule has 0 spiro atoms. The van der Waals surface area contributed by atoms with E-state index in [1.54, 1.807) is 7.11 Å². The van der Waals surface area contributed by atoms with Crippen molar-refractivity contribution >= 4 is 5.78 Å². The summed E-state index contributed by atoms with van der Waals surface area (Å²) in [5.41, 5.74) is 11.5. The highest BCUT2D eigenvalue weighted by Gasteiger charge is 2.44. The van der Waals surface area contributed by atoms with Crippen molar-refractivity contribution in [3.8, 4) is 11.8 Å². The van der Waals surface area contributed by atoms with Crippen molar-refractivity contribution in [1.82, 2.24) is 4.90 Å². The zero-order valence-corrected chi connectivity index (χ0v) is 20.9. The van der Waals surface area contributed by atoms with Crippen LogP contribution >= 0.6 is 0 Å². The van der Waals surface area contributed by atoms with Crippen LogP contribution in [0.3, 0.4) is 0 Å². The second-order valence-corrected chi connectivity index (χ2v) is 10.1. The normalized spacial score (nSPS) is 19.5. The van der Waals surface area contributed by atoms with Crippen molar-refractivity contribution in [2.24, 2.45) is 11.1 Å². The number of carbonyl (C=O) groups excluding carboxylic acids is 1. The van der Waals surface area contributed by atoms with E-state index in [2.05, 4.69) is 51.1 Å². The van der Waals surface area contributed by atoms with Crippen LogP contribution in [0.2, 0.25) is 0 Å². The lowest BCUT2D eigenvalue weighted by Gasteiger charge is -2.43. The molecule has 2 aromatic rings. The van der Waals surface area contributed by atoms with Gasteiger partial charge in [-0.3, -0.25) is 4.79 Å². The first kappa shape index (κ1) is 24.6. The molecule has 182 valence electrons. The number of hydrogen-bond acceptors (Lipinski definition) is 6. The van der Waals surface area contributed by atoms with Crippen molar-refractivity contribution < 1.29 is 14.3 Å². The maximum absolute atomic E-state index is 13.5. The highest BCUT2D eigenvalue weighted by molar-refractivity contribution is 6.00. The monoisotopic (exact) mass is 471 g/mol. The predicted octanol–water partition coefficient (Wildman–Crippen LogP) is 4.96. The second kappa shape index (κ2) is 9.97. The fourth-order valence-electron chi connectivity index (χ4n) is 4.95. The minimum atomic E-state index is -0.483. The van der Waals surface area contributed by atoms with Gasteiger partial charge in [-0.1, -0.05) is 55.8 Å². The number of nitrogens with zero attached hydrogens (tertiary/aromatic N) is 2. The number of hydrogen-bond donors (Lipinski definition) is 1. The highest BCUT2D eigenvalue weighted by atomic mass is 16.5. The molecule has 0 saturated heterocycles. The van der Waals surface area contributed by atoms with E-state index in [-0.39, 0.29) is 11.2 Å². The Hall–Kier alpha value is -3.56. The van der Waals surface area contributed by atoms with Crippen LogP contribution < -0.4 is 10.5 Å². The molecule has 0 radical (unpaired) electrons. The van der Waals surface area contributed by atoms with E-state index in [0.717, 1.165) is 22.6 Å². The number of nitrogens with two attached hydrogens (primary N) is 1. The average Bonchev–Trinajstić information content (AvgIpc) is 2.82. The zero-order chi connectivity index (χ0) is 25.2. The highest BCUT2D eigenvalue weighted by Crippen LogP contribution is 2.49. The molecular weight excluding hydrogens is 438 g/mol. The Kier molecular flexibility index (Phi) is 7.00. The van der Waals surface area contributed by atoms with Crippen LogP contribution in [0.25, 0.3) is 0 Å². The zero-order valence-electron chi connectivity index (χ0n) is 20.9. The van der Waals surface area contributed by atoms with Gasteiger partial charge in [0.1, 0.15) is 18.2 Å². The second-order valence-electron chi connectivity index (χ2n) is 10.1. The number of rotatable bonds is 7. The van der Waals surface area contributed by atoms with Gasteiger partial charge < -0.3 is 20.1 Å². The van der Waals surface area contributed by atoms with Gasteiger partial charge >= 0.3 is 0 Å². The van der Waals surface area contributed by atoms with Gasteiger partial charge in [0.05, 0.1) is 24.2 Å². The van der Waals surface area contributed by atoms with Crippen LogP contribution in [-0.4, -0.2) is 30.9 Å². The molecule has 0 aromatic heterocycles. The minimum absolute atomic E-state index is 0.0728. The molecule has 0 bridgehead atoms. The Bertz CT molecular complexity index is 1200. The molecule has 1 aliphatic carbocycles. The summed E-state index contributed by atoms with van der Waals surface area (Å²) in [6.45, 7) is 7.66. The van der Waals surface area contributed by atoms with E-state index in [4.69, 9.17) is 15.2 Å². The summed E-state index contributed by atoms with van der Waals surface area (Å²) in [6.07, 6.45) is 1.16. The topological polar surface area (TPSA) is 88.6 Å². The van der Waals surface area contributed by atoms with Gasteiger partial charge in [-0.15, -0.1) is 0 Å². The molecule has 0 fully saturated rings. The molecule has 35 heavy (non-hydrogen) atoms. The number of aryl methyl sites for hydroxylation is 1. The Morgan fingerprint density at radius 2 is 1.80 bits per heavy atom. The lowest BCUT2D eigenvalue weighted by atomic mass is 9.68. The lowest BCUT2D eigenvalue weighted by Crippen LogP contribution is -2.43. The molecule has 2 N–H and O–H groups in total. The summed E-state index contributed by atoms with van der Waals surface area (Å²) < 4.78 is 11.2. The van der Waals surface area contributed by atoms with Crippen molar-refractivity contribution in [3.05, 3.63) is 87.9 Å². The summed E-state index contributed by atoms with van der Waals surface area (Å²) in [7, 11) is 1.63. The van der Waals surface area contributed by atoms with E-state index >= 15 is 0 Å². The molecule has 0 amide bonds. The quantitative estimate of drug-likeness (QED) is 0.614. The summed E-state index contributed by atoms with van der Waals surface area (Å²) in [4.78, 5) is 15.4. The van der Waals surface area contributed by atoms with E-state index in [1.807, 2.05) is 29.2 Å². The van der Waals surface area contributed by atoms with Gasteiger partial charge in [0.25, 0.3) is 0 Å². The molecule has 1 aliphatic heterocycles. The van der Waals surface area contributed by atoms with Crippen LogP contribution in [0, 0.1) is 23.7 Å². The Morgan fingerprint density at radius 1 is 1.11 bits per heavy atom. The first-order valence-electron chi connectivity index (χ1n) is 11.9. The number of ether oxygens (including phenoxy) is 2. The molecule has 2 aromatic carbocycles. The maximum atomic E-state index is 13.5. The number of allylic oxidation sites excluding steroid dienone is 3. The standard InChI is InChI=1S/C29H33N3O3/c1-19-5-7-20(8-6-19)18-35-22-11-9-21(10-12-22)26-23(17-30)28(31)32(13-14-34-4)24-15-29(2,3)16-25(33)27(24)26/h5-12,26H,13-16,18,31H2,1-4H3/t26-/m1/s1. The maximum Gasteiger partial charge on any atom is 0.162 e. The van der Waals surface area contributed by atoms with Crippen molar-refractivity contribution in [1.29, 1.82) is 5.26 Å². The molecule has 4 rings (SSSR count). The molecule has 0 unspecified atom stereocenters. The Balaban J connectivity index is 1.67. The fraction of sp³-hybridized carbons (Fsp3) is 0.379. The Morgan fingerprint density at radius 3 is 2.43 bits per heavy atom. The summed E-state index contributed by atoms with van der Waals surface area (Å²) >= 11 is 0. The smallest absolute Gasteiger partial charge is 0.162 e. The Labute approximate surface area is 207 Å². The SMILES string of the molecule is COCCN1C(N)=C(C#N)[C@@H](c2ccc(OCc3ccc(C)cc3)cc2)C2=C1CC(C)(C)CC2=O. The fourth-order valence-corrected chi connectivity index (χ4v) is 4.95. The van der Waals surface area contributed by atoms with Gasteiger partial charge in [0.2, 0.25) is 0 Å². The van der Waals surface area contributed by atoms with E-state index in [1.165, 1.54) is 5.56 Å². The van der Waals surface area contributed by atoms with Gasteiger partial charge in [0.15, 0.2) is 5.78 Å². The van der Waals surface area contributed by atoms with Gasteiger partial charge in [-0.2, -0.15) is 5.26 Å². The third kappa shape index (κ3) is 5.11. The van der Waals surface area contributed by atoms with Crippen LogP contribution in [0.1, 0.15) is 49.3 Å². The number of ketones is 1. The number of carbonyl (C=O) groups is 1. The number of nitriles is 1. The minimum Gasteiger partial charge on any atom is -0.489 e. The van der Waals surface area contributed by atoms with Crippen molar-refractivity contribution in [2.45, 2.75) is 46.1 Å². The van der Waals surface area contributed by atoms with Gasteiger partial charge in [-0.25, -0.2) is 0 Å². The molecule has 0 saturated carbocycles. The van der Waals surface area contributed by atoms with Gasteiger partial charge in [0, 0.05) is 31.3 Å². The first-order valence-corrected chi connectivity index (χ1v) is 11.9. The average molecular weight is 472 g/mol. The van der Waals surface area contributed by atoms with E-state index < -0.39 is 5.92 Å². The van der Waals surface area contributed by atoms with Crippen molar-refractivity contribution in [3.63, 3.8) is 0 Å². The molecular formula is C29H33N3O3. The summed E-state index contributed by atoms with van der Waals surface area (Å²) in [6, 6.07) is 18.2. The van der Waals surface area contributed by atoms with Crippen LogP contribution in [-0.2, 0) is 16.1 Å². The van der Waals surface area contributed by atoms with E-state index in [0.29, 0.717) is 49.6 Å². The lowest BCUT2D eigenvalue weighted by molar-refractivity contribution is -0.118. The van der Waals surface area contributed by atoms with Gasteiger partial charge in [-0.05, 0) is 42.0 Å². The largest absolute Gasteiger partial charge is 0.489 e. The third-order valence-electron chi connectivity index (χ3n) is 6.75. The third-order valence-corrected chi connectivity index (χ3v) is 6.75. The predicted molar refractivity (Wildman–Crippen MR) is 135 cm³/mol. The first-order chi connectivity index (χ1) is 16.7. The van der Waals surface area contributed by atoms with Crippen molar-refractivity contribution in [2.75, 3.05) is 20.3 Å². The van der Waals surface area contributed by atoms with E-state index in [9.17, 15) is 10.1 Å². The van der Waals surface area contributed by atoms with Crippen LogP contribution in [0.4, 0.5) is 0 Å². The van der Waals surface area contributed by atoms with Crippen LogP contribution in [0.15, 0.2) is 71.2 Å². The molecule has 1 heterocycles. The molecule has 2 aliphatic rings. The number of methoxy groups -OCH3 is 1. The summed E-state index contributed by atoms with van der Waals surface area (Å²) in [5.74, 6) is 0.721. The summed E-state index contributed by atoms with van der Waals surface area (Å²) in [5, 5.41) is 10.1. The number of benzene rings is 2.